The van der Waals surface area contributed by atoms with Crippen LogP contribution in [0.25, 0.3) is 5.69 Å². The van der Waals surface area contributed by atoms with Crippen molar-refractivity contribution in [2.45, 2.75) is 32.6 Å². The molecule has 31 heavy (non-hydrogen) atoms. The van der Waals surface area contributed by atoms with Crippen LogP contribution in [0.5, 0.6) is 0 Å². The SMILES string of the molecule is CCCCc1cc(NC(=O)Nc2cccc(F)c2F)n(-c2cccc(CC(=O)O)c2)n1. The molecule has 3 rings (SSSR count). The Labute approximate surface area is 177 Å². The second kappa shape index (κ2) is 9.84. The van der Waals surface area contributed by atoms with E-state index in [1.807, 2.05) is 6.92 Å². The number of carboxylic acid groups (broad SMARTS) is 1. The zero-order valence-electron chi connectivity index (χ0n) is 16.9. The largest absolute Gasteiger partial charge is 0.481 e. The van der Waals surface area contributed by atoms with Crippen molar-refractivity contribution in [1.82, 2.24) is 9.78 Å². The fraction of sp³-hybridized carbons (Fsp3) is 0.227. The molecular weight excluding hydrogens is 406 g/mol. The van der Waals surface area contributed by atoms with Crippen molar-refractivity contribution in [3.05, 3.63) is 71.4 Å². The van der Waals surface area contributed by atoms with Gasteiger partial charge in [0.05, 0.1) is 23.5 Å². The van der Waals surface area contributed by atoms with Gasteiger partial charge in [-0.05, 0) is 42.7 Å². The summed E-state index contributed by atoms with van der Waals surface area (Å²) in [6, 6.07) is 11.2. The number of nitrogens with one attached hydrogen (secondary N) is 2. The number of halogens is 2. The summed E-state index contributed by atoms with van der Waals surface area (Å²) in [6.07, 6.45) is 2.40. The van der Waals surface area contributed by atoms with E-state index in [0.29, 0.717) is 23.5 Å². The van der Waals surface area contributed by atoms with Crippen LogP contribution in [0.3, 0.4) is 0 Å². The molecule has 1 heterocycles. The van der Waals surface area contributed by atoms with Gasteiger partial charge in [-0.3, -0.25) is 10.1 Å². The minimum Gasteiger partial charge on any atom is -0.481 e. The molecule has 1 aromatic heterocycles. The van der Waals surface area contributed by atoms with Gasteiger partial charge in [0.1, 0.15) is 5.82 Å². The highest BCUT2D eigenvalue weighted by Crippen LogP contribution is 2.21. The van der Waals surface area contributed by atoms with Crippen molar-refractivity contribution in [1.29, 1.82) is 0 Å². The Bertz CT molecular complexity index is 1100. The molecule has 162 valence electrons. The van der Waals surface area contributed by atoms with Crippen LogP contribution >= 0.6 is 0 Å². The van der Waals surface area contributed by atoms with Crippen LogP contribution in [0.4, 0.5) is 25.1 Å². The van der Waals surface area contributed by atoms with Crippen molar-refractivity contribution >= 4 is 23.5 Å². The number of benzene rings is 2. The summed E-state index contributed by atoms with van der Waals surface area (Å²) in [5.41, 5.74) is 1.58. The Morgan fingerprint density at radius 2 is 1.87 bits per heavy atom. The van der Waals surface area contributed by atoms with E-state index in [1.165, 1.54) is 16.8 Å². The zero-order chi connectivity index (χ0) is 22.4. The number of amides is 2. The number of rotatable bonds is 8. The average Bonchev–Trinajstić information content (AvgIpc) is 3.12. The summed E-state index contributed by atoms with van der Waals surface area (Å²) in [4.78, 5) is 23.5. The third-order valence-electron chi connectivity index (χ3n) is 4.50. The molecule has 0 bridgehead atoms. The number of nitrogens with zero attached hydrogens (tertiary/aromatic N) is 2. The summed E-state index contributed by atoms with van der Waals surface area (Å²) < 4.78 is 28.7. The summed E-state index contributed by atoms with van der Waals surface area (Å²) in [5, 5.41) is 18.5. The van der Waals surface area contributed by atoms with Crippen LogP contribution in [0, 0.1) is 11.6 Å². The van der Waals surface area contributed by atoms with Gasteiger partial charge in [-0.2, -0.15) is 5.10 Å². The molecule has 7 nitrogen and oxygen atoms in total. The average molecular weight is 428 g/mol. The molecule has 0 saturated heterocycles. The van der Waals surface area contributed by atoms with E-state index >= 15 is 0 Å². The molecule has 2 amide bonds. The second-order valence-electron chi connectivity index (χ2n) is 6.96. The minimum absolute atomic E-state index is 0.153. The Morgan fingerprint density at radius 3 is 2.61 bits per heavy atom. The number of urea groups is 1. The quantitative estimate of drug-likeness (QED) is 0.482. The molecule has 0 aliphatic heterocycles. The number of hydrogen-bond donors (Lipinski definition) is 3. The molecule has 0 spiro atoms. The van der Waals surface area contributed by atoms with Crippen molar-refractivity contribution < 1.29 is 23.5 Å². The van der Waals surface area contributed by atoms with Crippen LogP contribution in [0.2, 0.25) is 0 Å². The number of carboxylic acids is 1. The van der Waals surface area contributed by atoms with Gasteiger partial charge in [0.15, 0.2) is 11.6 Å². The summed E-state index contributed by atoms with van der Waals surface area (Å²) >= 11 is 0. The van der Waals surface area contributed by atoms with E-state index in [2.05, 4.69) is 15.7 Å². The van der Waals surface area contributed by atoms with Crippen LogP contribution < -0.4 is 10.6 Å². The molecule has 3 N–H and O–H groups in total. The zero-order valence-corrected chi connectivity index (χ0v) is 16.9. The maximum absolute atomic E-state index is 13.9. The fourth-order valence-electron chi connectivity index (χ4n) is 3.04. The summed E-state index contributed by atoms with van der Waals surface area (Å²) in [5.74, 6) is -2.87. The van der Waals surface area contributed by atoms with Crippen LogP contribution in [0.15, 0.2) is 48.5 Å². The van der Waals surface area contributed by atoms with Crippen LogP contribution in [-0.2, 0) is 17.6 Å². The Balaban J connectivity index is 1.88. The van der Waals surface area contributed by atoms with Crippen LogP contribution in [0.1, 0.15) is 31.0 Å². The first-order valence-corrected chi connectivity index (χ1v) is 9.79. The molecule has 0 atom stereocenters. The van der Waals surface area contributed by atoms with Gasteiger partial charge >= 0.3 is 12.0 Å². The van der Waals surface area contributed by atoms with E-state index in [9.17, 15) is 18.4 Å². The highest BCUT2D eigenvalue weighted by molar-refractivity contribution is 5.99. The minimum atomic E-state index is -1.16. The number of aliphatic carboxylic acids is 1. The fourth-order valence-corrected chi connectivity index (χ4v) is 3.04. The Hall–Kier alpha value is -3.75. The normalized spacial score (nSPS) is 10.7. The number of hydrogen-bond acceptors (Lipinski definition) is 3. The maximum atomic E-state index is 13.9. The first kappa shape index (κ1) is 21.9. The molecular formula is C22H22F2N4O3. The van der Waals surface area contributed by atoms with Gasteiger partial charge in [-0.15, -0.1) is 0 Å². The van der Waals surface area contributed by atoms with E-state index in [4.69, 9.17) is 5.11 Å². The number of carbonyl (C=O) groups excluding carboxylic acids is 1. The Morgan fingerprint density at radius 1 is 1.10 bits per heavy atom. The molecule has 0 unspecified atom stereocenters. The maximum Gasteiger partial charge on any atom is 0.324 e. The third-order valence-corrected chi connectivity index (χ3v) is 4.50. The van der Waals surface area contributed by atoms with Gasteiger partial charge < -0.3 is 10.4 Å². The molecule has 9 heteroatoms. The topological polar surface area (TPSA) is 96.2 Å². The summed E-state index contributed by atoms with van der Waals surface area (Å²) in [6.45, 7) is 2.05. The number of aryl methyl sites for hydroxylation is 1. The van der Waals surface area contributed by atoms with E-state index < -0.39 is 23.6 Å². The van der Waals surface area contributed by atoms with E-state index in [1.54, 1.807) is 30.3 Å². The monoisotopic (exact) mass is 428 g/mol. The highest BCUT2D eigenvalue weighted by atomic mass is 19.2. The lowest BCUT2D eigenvalue weighted by Gasteiger charge is -2.11. The first-order valence-electron chi connectivity index (χ1n) is 9.79. The molecule has 0 saturated carbocycles. The lowest BCUT2D eigenvalue weighted by atomic mass is 10.1. The predicted octanol–water partition coefficient (Wildman–Crippen LogP) is 4.76. The molecule has 0 radical (unpaired) electrons. The van der Waals surface area contributed by atoms with Crippen molar-refractivity contribution in [3.63, 3.8) is 0 Å². The van der Waals surface area contributed by atoms with Gasteiger partial charge in [0.2, 0.25) is 0 Å². The van der Waals surface area contributed by atoms with Gasteiger partial charge in [0.25, 0.3) is 0 Å². The molecule has 0 aliphatic rings. The molecule has 2 aromatic carbocycles. The molecule has 0 aliphatic carbocycles. The lowest BCUT2D eigenvalue weighted by Crippen LogP contribution is -2.22. The summed E-state index contributed by atoms with van der Waals surface area (Å²) in [7, 11) is 0. The van der Waals surface area contributed by atoms with Gasteiger partial charge in [-0.1, -0.05) is 31.5 Å². The predicted molar refractivity (Wildman–Crippen MR) is 113 cm³/mol. The number of unbranched alkanes of at least 4 members (excludes halogenated alkanes) is 1. The molecule has 3 aromatic rings. The molecule has 0 fully saturated rings. The first-order chi connectivity index (χ1) is 14.9. The lowest BCUT2D eigenvalue weighted by molar-refractivity contribution is -0.136. The van der Waals surface area contributed by atoms with Gasteiger partial charge in [-0.25, -0.2) is 18.3 Å². The smallest absolute Gasteiger partial charge is 0.324 e. The number of carbonyl (C=O) groups is 2. The number of anilines is 2. The van der Waals surface area contributed by atoms with Crippen LogP contribution in [-0.4, -0.2) is 26.9 Å². The second-order valence-corrected chi connectivity index (χ2v) is 6.96. The Kier molecular flexibility index (Phi) is 6.96. The standard InChI is InChI=1S/C22H22F2N4O3/c1-2-3-7-15-13-19(26-22(31)25-18-10-5-9-17(23)21(18)24)28(27-15)16-8-4-6-14(11-16)12-20(29)30/h4-6,8-11,13H,2-3,7,12H2,1H3,(H,29,30)(H2,25,26,31). The third kappa shape index (κ3) is 5.65. The van der Waals surface area contributed by atoms with Crippen molar-refractivity contribution in [2.24, 2.45) is 0 Å². The van der Waals surface area contributed by atoms with Gasteiger partial charge in [0, 0.05) is 6.07 Å². The number of aromatic nitrogens is 2. The van der Waals surface area contributed by atoms with Crippen molar-refractivity contribution in [3.8, 4) is 5.69 Å². The van der Waals surface area contributed by atoms with Crippen molar-refractivity contribution in [2.75, 3.05) is 10.6 Å². The highest BCUT2D eigenvalue weighted by Gasteiger charge is 2.15. The van der Waals surface area contributed by atoms with E-state index in [-0.39, 0.29) is 12.1 Å². The van der Waals surface area contributed by atoms with E-state index in [0.717, 1.165) is 24.6 Å².